The van der Waals surface area contributed by atoms with Crippen LogP contribution in [0, 0.1) is 0 Å². The van der Waals surface area contributed by atoms with Gasteiger partial charge in [-0.15, -0.1) is 11.3 Å². The van der Waals surface area contributed by atoms with Crippen LogP contribution in [-0.2, 0) is 4.79 Å². The van der Waals surface area contributed by atoms with Crippen molar-refractivity contribution in [2.24, 2.45) is 0 Å². The van der Waals surface area contributed by atoms with Crippen LogP contribution >= 0.6 is 22.9 Å². The highest BCUT2D eigenvalue weighted by Gasteiger charge is 2.43. The van der Waals surface area contributed by atoms with Gasteiger partial charge >= 0.3 is 0 Å². The van der Waals surface area contributed by atoms with Crippen molar-refractivity contribution in [2.75, 3.05) is 26.6 Å². The standard InChI is InChI=1S/C23H21ClN2O4S/c1-26-21(19-9-6-10-31-19)20(13-7-4-5-8-14(13)23(26)28)22(27)25-16-11-15(24)17(29-2)12-18(16)30-3/h4-12,20-21H,1-3H3,(H,25,27)/t20-,21+/m0/s1. The lowest BCUT2D eigenvalue weighted by atomic mass is 9.81. The lowest BCUT2D eigenvalue weighted by Gasteiger charge is -2.39. The van der Waals surface area contributed by atoms with Crippen molar-refractivity contribution in [1.29, 1.82) is 0 Å². The van der Waals surface area contributed by atoms with Crippen LogP contribution in [0.25, 0.3) is 0 Å². The molecule has 2 atom stereocenters. The molecule has 0 spiro atoms. The lowest BCUT2D eigenvalue weighted by molar-refractivity contribution is -0.119. The quantitative estimate of drug-likeness (QED) is 0.588. The fourth-order valence-corrected chi connectivity index (χ4v) is 5.09. The van der Waals surface area contributed by atoms with Crippen molar-refractivity contribution >= 4 is 40.4 Å². The number of hydrogen-bond acceptors (Lipinski definition) is 5. The van der Waals surface area contributed by atoms with Crippen LogP contribution in [0.2, 0.25) is 5.02 Å². The van der Waals surface area contributed by atoms with E-state index in [-0.39, 0.29) is 11.8 Å². The minimum Gasteiger partial charge on any atom is -0.495 e. The second kappa shape index (κ2) is 8.61. The summed E-state index contributed by atoms with van der Waals surface area (Å²) in [5.74, 6) is -0.104. The predicted molar refractivity (Wildman–Crippen MR) is 122 cm³/mol. The van der Waals surface area contributed by atoms with Gasteiger partial charge < -0.3 is 19.7 Å². The van der Waals surface area contributed by atoms with Gasteiger partial charge in [0.15, 0.2) is 0 Å². The Morgan fingerprint density at radius 2 is 1.84 bits per heavy atom. The molecule has 6 nitrogen and oxygen atoms in total. The maximum atomic E-state index is 13.6. The second-order valence-electron chi connectivity index (χ2n) is 7.12. The van der Waals surface area contributed by atoms with E-state index in [1.807, 2.05) is 29.6 Å². The van der Waals surface area contributed by atoms with Crippen molar-refractivity contribution in [1.82, 2.24) is 4.90 Å². The van der Waals surface area contributed by atoms with Crippen LogP contribution in [0.1, 0.15) is 32.8 Å². The van der Waals surface area contributed by atoms with Crippen molar-refractivity contribution < 1.29 is 19.1 Å². The first-order valence-electron chi connectivity index (χ1n) is 9.58. The minimum absolute atomic E-state index is 0.108. The van der Waals surface area contributed by atoms with Gasteiger partial charge in [-0.1, -0.05) is 35.9 Å². The van der Waals surface area contributed by atoms with Crippen LogP contribution < -0.4 is 14.8 Å². The number of ether oxygens (including phenoxy) is 2. The van der Waals surface area contributed by atoms with Crippen LogP contribution in [0.15, 0.2) is 53.9 Å². The van der Waals surface area contributed by atoms with Crippen LogP contribution in [-0.4, -0.2) is 38.0 Å². The number of nitrogens with zero attached hydrogens (tertiary/aromatic N) is 1. The summed E-state index contributed by atoms with van der Waals surface area (Å²) in [7, 11) is 4.75. The number of amides is 2. The molecule has 1 aliphatic rings. The summed E-state index contributed by atoms with van der Waals surface area (Å²) in [4.78, 5) is 29.2. The number of methoxy groups -OCH3 is 2. The number of benzene rings is 2. The second-order valence-corrected chi connectivity index (χ2v) is 8.50. The monoisotopic (exact) mass is 456 g/mol. The zero-order valence-corrected chi connectivity index (χ0v) is 18.8. The molecule has 0 saturated carbocycles. The molecule has 0 aliphatic carbocycles. The first-order valence-corrected chi connectivity index (χ1v) is 10.8. The van der Waals surface area contributed by atoms with E-state index in [1.165, 1.54) is 25.6 Å². The summed E-state index contributed by atoms with van der Waals surface area (Å²) in [5.41, 5.74) is 1.65. The number of carbonyl (C=O) groups excluding carboxylic acids is 2. The molecule has 4 rings (SSSR count). The molecule has 0 unspecified atom stereocenters. The third-order valence-corrected chi connectivity index (χ3v) is 6.67. The summed E-state index contributed by atoms with van der Waals surface area (Å²) < 4.78 is 10.7. The highest BCUT2D eigenvalue weighted by atomic mass is 35.5. The van der Waals surface area contributed by atoms with E-state index in [0.29, 0.717) is 33.3 Å². The Morgan fingerprint density at radius 3 is 2.52 bits per heavy atom. The molecule has 1 N–H and O–H groups in total. The molecule has 0 saturated heterocycles. The molecule has 8 heteroatoms. The maximum Gasteiger partial charge on any atom is 0.254 e. The molecule has 1 aromatic heterocycles. The van der Waals surface area contributed by atoms with E-state index in [1.54, 1.807) is 36.2 Å². The molecular weight excluding hydrogens is 436 g/mol. The first-order chi connectivity index (χ1) is 15.0. The molecule has 31 heavy (non-hydrogen) atoms. The normalized spacial score (nSPS) is 17.8. The highest BCUT2D eigenvalue weighted by Crippen LogP contribution is 2.44. The molecule has 160 valence electrons. The number of thiophene rings is 1. The Kier molecular flexibility index (Phi) is 5.89. The molecule has 1 aliphatic heterocycles. The van der Waals surface area contributed by atoms with Gasteiger partial charge in [0.05, 0.1) is 36.9 Å². The average Bonchev–Trinajstić information content (AvgIpc) is 3.30. The summed E-state index contributed by atoms with van der Waals surface area (Å²) in [6, 6.07) is 13.9. The van der Waals surface area contributed by atoms with Crippen molar-refractivity contribution in [2.45, 2.75) is 12.0 Å². The Labute approximate surface area is 189 Å². The molecule has 2 amide bonds. The zero-order chi connectivity index (χ0) is 22.1. The van der Waals surface area contributed by atoms with Gasteiger partial charge in [-0.2, -0.15) is 0 Å². The van der Waals surface area contributed by atoms with E-state index in [2.05, 4.69) is 5.32 Å². The van der Waals surface area contributed by atoms with Gasteiger partial charge in [-0.05, 0) is 29.1 Å². The van der Waals surface area contributed by atoms with Gasteiger partial charge in [0.25, 0.3) is 5.91 Å². The van der Waals surface area contributed by atoms with Gasteiger partial charge in [-0.3, -0.25) is 9.59 Å². The minimum atomic E-state index is -0.608. The van der Waals surface area contributed by atoms with Crippen molar-refractivity contribution in [3.8, 4) is 11.5 Å². The molecule has 3 aromatic rings. The molecule has 0 bridgehead atoms. The lowest BCUT2D eigenvalue weighted by Crippen LogP contribution is -2.43. The number of nitrogens with one attached hydrogen (secondary N) is 1. The molecule has 0 radical (unpaired) electrons. The maximum absolute atomic E-state index is 13.6. The van der Waals surface area contributed by atoms with Gasteiger partial charge in [0, 0.05) is 23.6 Å². The predicted octanol–water partition coefficient (Wildman–Crippen LogP) is 4.97. The van der Waals surface area contributed by atoms with Gasteiger partial charge in [0.1, 0.15) is 11.5 Å². The number of anilines is 1. The van der Waals surface area contributed by atoms with Crippen molar-refractivity contribution in [3.63, 3.8) is 0 Å². The largest absolute Gasteiger partial charge is 0.495 e. The fourth-order valence-electron chi connectivity index (χ4n) is 3.94. The highest BCUT2D eigenvalue weighted by molar-refractivity contribution is 7.10. The topological polar surface area (TPSA) is 67.9 Å². The van der Waals surface area contributed by atoms with Crippen LogP contribution in [0.4, 0.5) is 5.69 Å². The SMILES string of the molecule is COc1cc(OC)c(NC(=O)[C@H]2c3ccccc3C(=O)N(C)[C@@H]2c2cccs2)cc1Cl. The third kappa shape index (κ3) is 3.75. The van der Waals surface area contributed by atoms with Gasteiger partial charge in [-0.25, -0.2) is 0 Å². The number of hydrogen-bond donors (Lipinski definition) is 1. The summed E-state index contributed by atoms with van der Waals surface area (Å²) >= 11 is 7.79. The number of rotatable bonds is 5. The Morgan fingerprint density at radius 1 is 1.10 bits per heavy atom. The van der Waals surface area contributed by atoms with Gasteiger partial charge in [0.2, 0.25) is 5.91 Å². The average molecular weight is 457 g/mol. The molecule has 2 aromatic carbocycles. The van der Waals surface area contributed by atoms with E-state index in [4.69, 9.17) is 21.1 Å². The number of carbonyl (C=O) groups is 2. The zero-order valence-electron chi connectivity index (χ0n) is 17.2. The molecule has 2 heterocycles. The van der Waals surface area contributed by atoms with E-state index >= 15 is 0 Å². The first kappa shape index (κ1) is 21.2. The van der Waals surface area contributed by atoms with E-state index in [9.17, 15) is 9.59 Å². The van der Waals surface area contributed by atoms with Crippen molar-refractivity contribution in [3.05, 3.63) is 74.9 Å². The molecular formula is C23H21ClN2O4S. The third-order valence-electron chi connectivity index (χ3n) is 5.43. The Balaban J connectivity index is 1.79. The van der Waals surface area contributed by atoms with Crippen LogP contribution in [0.5, 0.6) is 11.5 Å². The summed E-state index contributed by atoms with van der Waals surface area (Å²) in [6.07, 6.45) is 0. The molecule has 0 fully saturated rings. The fraction of sp³-hybridized carbons (Fsp3) is 0.217. The number of halogens is 1. The Hall–Kier alpha value is -3.03. The number of fused-ring (bicyclic) bond motifs is 1. The van der Waals surface area contributed by atoms with E-state index < -0.39 is 12.0 Å². The van der Waals surface area contributed by atoms with E-state index in [0.717, 1.165) is 4.88 Å². The van der Waals surface area contributed by atoms with Crippen LogP contribution in [0.3, 0.4) is 0 Å². The Bertz CT molecular complexity index is 1130. The summed E-state index contributed by atoms with van der Waals surface area (Å²) in [5, 5.41) is 5.25. The number of likely N-dealkylation sites (N-methyl/N-ethyl adjacent to an activating group) is 1. The smallest absolute Gasteiger partial charge is 0.254 e. The summed E-state index contributed by atoms with van der Waals surface area (Å²) in [6.45, 7) is 0.